The first-order valence-corrected chi connectivity index (χ1v) is 6.63. The minimum absolute atomic E-state index is 0.788. The van der Waals surface area contributed by atoms with Crippen LogP contribution in [-0.4, -0.2) is 36.1 Å². The number of nitrogens with zero attached hydrogens (tertiary/aromatic N) is 2. The third-order valence-electron chi connectivity index (χ3n) is 3.48. The van der Waals surface area contributed by atoms with Crippen LogP contribution in [0.1, 0.15) is 18.7 Å². The van der Waals surface area contributed by atoms with Gasteiger partial charge in [0.1, 0.15) is 5.82 Å². The Morgan fingerprint density at radius 3 is 3.06 bits per heavy atom. The first-order valence-electron chi connectivity index (χ1n) is 6.63. The van der Waals surface area contributed by atoms with E-state index in [-0.39, 0.29) is 0 Å². The number of H-pyrrole nitrogens is 1. The molecule has 1 heterocycles. The zero-order valence-corrected chi connectivity index (χ0v) is 11.0. The van der Waals surface area contributed by atoms with E-state index in [4.69, 9.17) is 0 Å². The molecule has 1 aliphatic carbocycles. The lowest BCUT2D eigenvalue weighted by Gasteiger charge is -2.19. The third kappa shape index (κ3) is 2.48. The summed E-state index contributed by atoms with van der Waals surface area (Å²) in [5, 5.41) is 3.54. The van der Waals surface area contributed by atoms with Gasteiger partial charge in [0.2, 0.25) is 0 Å². The van der Waals surface area contributed by atoms with E-state index in [1.807, 2.05) is 6.92 Å². The largest absolute Gasteiger partial charge is 0.373 e. The van der Waals surface area contributed by atoms with Gasteiger partial charge in [-0.25, -0.2) is 4.98 Å². The number of aryl methyl sites for hydroxylation is 1. The maximum absolute atomic E-state index is 4.42. The topological polar surface area (TPSA) is 44.0 Å². The SMILES string of the molecule is Cc1nc2ccc(N(C)CCNC3CC3)cc2[nH]1. The minimum Gasteiger partial charge on any atom is -0.373 e. The molecule has 3 rings (SSSR count). The molecule has 1 aliphatic rings. The van der Waals surface area contributed by atoms with Crippen LogP contribution in [0.3, 0.4) is 0 Å². The number of hydrogen-bond donors (Lipinski definition) is 2. The summed E-state index contributed by atoms with van der Waals surface area (Å²) in [6.07, 6.45) is 2.70. The van der Waals surface area contributed by atoms with Crippen molar-refractivity contribution < 1.29 is 0 Å². The van der Waals surface area contributed by atoms with Crippen molar-refractivity contribution in [2.75, 3.05) is 25.0 Å². The summed E-state index contributed by atoms with van der Waals surface area (Å²) in [5.74, 6) is 0.972. The molecule has 0 atom stereocenters. The van der Waals surface area contributed by atoms with Crippen molar-refractivity contribution in [2.24, 2.45) is 0 Å². The maximum Gasteiger partial charge on any atom is 0.104 e. The van der Waals surface area contributed by atoms with Crippen LogP contribution in [0.4, 0.5) is 5.69 Å². The molecule has 0 aliphatic heterocycles. The molecule has 2 N–H and O–H groups in total. The van der Waals surface area contributed by atoms with Crippen LogP contribution in [-0.2, 0) is 0 Å². The van der Waals surface area contributed by atoms with Crippen LogP contribution < -0.4 is 10.2 Å². The van der Waals surface area contributed by atoms with Crippen molar-refractivity contribution in [3.8, 4) is 0 Å². The number of nitrogens with one attached hydrogen (secondary N) is 2. The van der Waals surface area contributed by atoms with E-state index in [1.54, 1.807) is 0 Å². The van der Waals surface area contributed by atoms with E-state index in [9.17, 15) is 0 Å². The molecule has 1 saturated carbocycles. The van der Waals surface area contributed by atoms with Crippen LogP contribution in [0.25, 0.3) is 11.0 Å². The predicted octanol–water partition coefficient (Wildman–Crippen LogP) is 2.06. The Labute approximate surface area is 107 Å². The molecule has 4 nitrogen and oxygen atoms in total. The second-order valence-electron chi connectivity index (χ2n) is 5.17. The van der Waals surface area contributed by atoms with Gasteiger partial charge < -0.3 is 15.2 Å². The normalized spacial score (nSPS) is 15.2. The lowest BCUT2D eigenvalue weighted by Crippen LogP contribution is -2.30. The fourth-order valence-corrected chi connectivity index (χ4v) is 2.22. The quantitative estimate of drug-likeness (QED) is 0.846. The van der Waals surface area contributed by atoms with Crippen LogP contribution in [0.15, 0.2) is 18.2 Å². The Morgan fingerprint density at radius 1 is 1.44 bits per heavy atom. The summed E-state index contributed by atoms with van der Waals surface area (Å²) >= 11 is 0. The molecule has 1 fully saturated rings. The molecular formula is C14H20N4. The third-order valence-corrected chi connectivity index (χ3v) is 3.48. The highest BCUT2D eigenvalue weighted by atomic mass is 15.1. The summed E-state index contributed by atoms with van der Waals surface area (Å²) < 4.78 is 0. The lowest BCUT2D eigenvalue weighted by atomic mass is 10.2. The Hall–Kier alpha value is -1.55. The number of benzene rings is 1. The Morgan fingerprint density at radius 2 is 2.28 bits per heavy atom. The second kappa shape index (κ2) is 4.61. The highest BCUT2D eigenvalue weighted by molar-refractivity contribution is 5.79. The Bertz CT molecular complexity index is 542. The minimum atomic E-state index is 0.788. The summed E-state index contributed by atoms with van der Waals surface area (Å²) in [6, 6.07) is 7.18. The predicted molar refractivity (Wildman–Crippen MR) is 75.1 cm³/mol. The van der Waals surface area contributed by atoms with Crippen molar-refractivity contribution in [1.29, 1.82) is 0 Å². The van der Waals surface area contributed by atoms with Gasteiger partial charge in [-0.3, -0.25) is 0 Å². The van der Waals surface area contributed by atoms with Gasteiger partial charge in [-0.05, 0) is 38.0 Å². The molecule has 0 amide bonds. The highest BCUT2D eigenvalue weighted by Gasteiger charge is 2.19. The summed E-state index contributed by atoms with van der Waals surface area (Å²) in [6.45, 7) is 4.08. The first kappa shape index (κ1) is 11.5. The number of anilines is 1. The van der Waals surface area contributed by atoms with E-state index in [2.05, 4.69) is 45.4 Å². The molecule has 96 valence electrons. The number of aromatic amines is 1. The number of fused-ring (bicyclic) bond motifs is 1. The zero-order valence-electron chi connectivity index (χ0n) is 11.0. The first-order chi connectivity index (χ1) is 8.72. The van der Waals surface area contributed by atoms with Crippen LogP contribution in [0.5, 0.6) is 0 Å². The fraction of sp³-hybridized carbons (Fsp3) is 0.500. The molecule has 1 aromatic carbocycles. The monoisotopic (exact) mass is 244 g/mol. The molecule has 0 spiro atoms. The van der Waals surface area contributed by atoms with E-state index in [1.165, 1.54) is 18.5 Å². The number of aromatic nitrogens is 2. The van der Waals surface area contributed by atoms with Gasteiger partial charge in [0.15, 0.2) is 0 Å². The zero-order chi connectivity index (χ0) is 12.5. The average Bonchev–Trinajstić information content (AvgIpc) is 3.08. The lowest BCUT2D eigenvalue weighted by molar-refractivity contribution is 0.675. The molecular weight excluding hydrogens is 224 g/mol. The standard InChI is InChI=1S/C14H20N4/c1-10-16-13-6-5-12(9-14(13)17-10)18(2)8-7-15-11-3-4-11/h5-6,9,11,15H,3-4,7-8H2,1-2H3,(H,16,17). The van der Waals surface area contributed by atoms with Crippen LogP contribution in [0.2, 0.25) is 0 Å². The average molecular weight is 244 g/mol. The van der Waals surface area contributed by atoms with Crippen molar-refractivity contribution >= 4 is 16.7 Å². The van der Waals surface area contributed by atoms with Crippen molar-refractivity contribution in [1.82, 2.24) is 15.3 Å². The van der Waals surface area contributed by atoms with E-state index >= 15 is 0 Å². The van der Waals surface area contributed by atoms with Crippen LogP contribution >= 0.6 is 0 Å². The van der Waals surface area contributed by atoms with Crippen molar-refractivity contribution in [3.63, 3.8) is 0 Å². The van der Waals surface area contributed by atoms with Gasteiger partial charge in [-0.1, -0.05) is 0 Å². The smallest absolute Gasteiger partial charge is 0.104 e. The molecule has 0 saturated heterocycles. The molecule has 0 radical (unpaired) electrons. The maximum atomic E-state index is 4.42. The Balaban J connectivity index is 1.67. The number of rotatable bonds is 5. The van der Waals surface area contributed by atoms with E-state index in [0.717, 1.165) is 36.0 Å². The summed E-state index contributed by atoms with van der Waals surface area (Å²) in [7, 11) is 2.14. The highest BCUT2D eigenvalue weighted by Crippen LogP contribution is 2.20. The molecule has 1 aromatic heterocycles. The molecule has 18 heavy (non-hydrogen) atoms. The molecule has 2 aromatic rings. The fourth-order valence-electron chi connectivity index (χ4n) is 2.22. The van der Waals surface area contributed by atoms with Crippen LogP contribution in [0, 0.1) is 6.92 Å². The van der Waals surface area contributed by atoms with Gasteiger partial charge in [0.05, 0.1) is 11.0 Å². The summed E-state index contributed by atoms with van der Waals surface area (Å²) in [4.78, 5) is 9.99. The van der Waals surface area contributed by atoms with E-state index in [0.29, 0.717) is 0 Å². The van der Waals surface area contributed by atoms with Gasteiger partial charge >= 0.3 is 0 Å². The van der Waals surface area contributed by atoms with Gasteiger partial charge in [0.25, 0.3) is 0 Å². The Kier molecular flexibility index (Phi) is 2.96. The van der Waals surface area contributed by atoms with E-state index < -0.39 is 0 Å². The molecule has 0 unspecified atom stereocenters. The van der Waals surface area contributed by atoms with Gasteiger partial charge in [-0.15, -0.1) is 0 Å². The van der Waals surface area contributed by atoms with Crippen molar-refractivity contribution in [3.05, 3.63) is 24.0 Å². The second-order valence-corrected chi connectivity index (χ2v) is 5.17. The molecule has 4 heteroatoms. The number of hydrogen-bond acceptors (Lipinski definition) is 3. The number of imidazole rings is 1. The number of likely N-dealkylation sites (N-methyl/N-ethyl adjacent to an activating group) is 1. The summed E-state index contributed by atoms with van der Waals surface area (Å²) in [5.41, 5.74) is 3.40. The van der Waals surface area contributed by atoms with Gasteiger partial charge in [-0.2, -0.15) is 0 Å². The molecule has 0 bridgehead atoms. The van der Waals surface area contributed by atoms with Gasteiger partial charge in [0, 0.05) is 31.9 Å². The van der Waals surface area contributed by atoms with Crippen molar-refractivity contribution in [2.45, 2.75) is 25.8 Å².